The molecule has 0 aliphatic heterocycles. The molecule has 0 heterocycles. The number of likely N-dealkylation sites (N-methyl/N-ethyl adjacent to an activating group) is 1. The molecule has 2 N–H and O–H groups in total. The molecule has 1 amide bonds. The topological polar surface area (TPSA) is 108 Å². The van der Waals surface area contributed by atoms with Gasteiger partial charge in [-0.2, -0.15) is 0 Å². The third kappa shape index (κ3) is 33.0. The molecule has 8 nitrogen and oxygen atoms in total. The van der Waals surface area contributed by atoms with E-state index < -0.39 is 26.6 Å². The van der Waals surface area contributed by atoms with Crippen molar-refractivity contribution in [3.63, 3.8) is 0 Å². The molecular formula is C39H73N2O6P. The monoisotopic (exact) mass is 697 g/mol. The van der Waals surface area contributed by atoms with Gasteiger partial charge < -0.3 is 28.8 Å². The van der Waals surface area contributed by atoms with Crippen LogP contribution in [-0.4, -0.2) is 68.5 Å². The summed E-state index contributed by atoms with van der Waals surface area (Å²) in [7, 11) is 1.22. The van der Waals surface area contributed by atoms with Crippen LogP contribution in [0.1, 0.15) is 142 Å². The van der Waals surface area contributed by atoms with Gasteiger partial charge in [-0.15, -0.1) is 0 Å². The van der Waals surface area contributed by atoms with Gasteiger partial charge in [-0.3, -0.25) is 9.36 Å². The Morgan fingerprint density at radius 2 is 1.21 bits per heavy atom. The summed E-state index contributed by atoms with van der Waals surface area (Å²) in [4.78, 5) is 25.1. The van der Waals surface area contributed by atoms with Crippen LogP contribution >= 0.6 is 7.82 Å². The lowest BCUT2D eigenvalue weighted by Crippen LogP contribution is -2.45. The first-order valence-corrected chi connectivity index (χ1v) is 20.5. The van der Waals surface area contributed by atoms with Crippen molar-refractivity contribution in [3.8, 4) is 0 Å². The molecule has 0 spiro atoms. The standard InChI is InChI=1S/C39H73N2O6P/c1-6-8-10-12-14-16-18-19-20-21-23-25-27-29-31-33-39(43)40-37(36-47-48(44,45)46-35-34-41(3,4)5)38(42)32-30-28-26-24-22-17-15-13-11-9-7-2/h11,13,19-20,22,24,30,32,37-38,42H,6-10,12,14-18,21,23,25-29,31,33-36H2,1-5H3,(H-,40,43,44,45)/b13-11+,20-19-,24-22+,32-30+. The quantitative estimate of drug-likeness (QED) is 0.0307. The molecule has 0 bridgehead atoms. The first kappa shape index (κ1) is 46.5. The summed E-state index contributed by atoms with van der Waals surface area (Å²) in [6.45, 7) is 4.49. The number of aliphatic hydroxyl groups excluding tert-OH is 1. The second-order valence-corrected chi connectivity index (χ2v) is 15.3. The molecule has 3 atom stereocenters. The van der Waals surface area contributed by atoms with Crippen LogP contribution in [0.2, 0.25) is 0 Å². The first-order valence-electron chi connectivity index (χ1n) is 19.0. The molecule has 0 aliphatic rings. The fourth-order valence-corrected chi connectivity index (χ4v) is 5.61. The summed E-state index contributed by atoms with van der Waals surface area (Å²) in [6, 6.07) is -0.911. The average molecular weight is 697 g/mol. The van der Waals surface area contributed by atoms with Crippen molar-refractivity contribution in [1.82, 2.24) is 5.32 Å². The lowest BCUT2D eigenvalue weighted by atomic mass is 10.1. The Morgan fingerprint density at radius 1 is 0.708 bits per heavy atom. The van der Waals surface area contributed by atoms with Crippen molar-refractivity contribution in [3.05, 3.63) is 48.6 Å². The Kier molecular flexibility index (Phi) is 30.4. The van der Waals surface area contributed by atoms with Gasteiger partial charge in [0.2, 0.25) is 5.91 Å². The highest BCUT2D eigenvalue weighted by molar-refractivity contribution is 7.45. The van der Waals surface area contributed by atoms with Crippen LogP contribution in [0.25, 0.3) is 0 Å². The number of phosphoric ester groups is 1. The number of phosphoric acid groups is 1. The molecule has 0 aromatic rings. The van der Waals surface area contributed by atoms with E-state index in [1.807, 2.05) is 27.2 Å². The number of hydrogen-bond donors (Lipinski definition) is 2. The maximum absolute atomic E-state index is 12.8. The minimum Gasteiger partial charge on any atom is -0.756 e. The number of unbranched alkanes of at least 4 members (excludes halogenated alkanes) is 14. The van der Waals surface area contributed by atoms with E-state index in [9.17, 15) is 19.4 Å². The van der Waals surface area contributed by atoms with Crippen molar-refractivity contribution < 1.29 is 32.9 Å². The Hall–Kier alpha value is -1.54. The van der Waals surface area contributed by atoms with Crippen LogP contribution < -0.4 is 10.2 Å². The van der Waals surface area contributed by atoms with Gasteiger partial charge in [-0.05, 0) is 64.2 Å². The van der Waals surface area contributed by atoms with Crippen LogP contribution in [0.3, 0.4) is 0 Å². The minimum atomic E-state index is -4.59. The van der Waals surface area contributed by atoms with Gasteiger partial charge >= 0.3 is 0 Å². The first-order chi connectivity index (χ1) is 23.0. The van der Waals surface area contributed by atoms with Gasteiger partial charge in [0.25, 0.3) is 7.82 Å². The van der Waals surface area contributed by atoms with Gasteiger partial charge in [0.15, 0.2) is 0 Å². The summed E-state index contributed by atoms with van der Waals surface area (Å²) in [5, 5.41) is 13.6. The minimum absolute atomic E-state index is 0.0121. The molecule has 0 aliphatic carbocycles. The summed E-state index contributed by atoms with van der Waals surface area (Å²) in [5.41, 5.74) is 0. The molecular weight excluding hydrogens is 623 g/mol. The molecule has 48 heavy (non-hydrogen) atoms. The molecule has 0 rings (SSSR count). The summed E-state index contributed by atoms with van der Waals surface area (Å²) < 4.78 is 23.0. The van der Waals surface area contributed by atoms with Gasteiger partial charge in [-0.25, -0.2) is 0 Å². The lowest BCUT2D eigenvalue weighted by molar-refractivity contribution is -0.870. The van der Waals surface area contributed by atoms with Crippen LogP contribution in [0, 0.1) is 0 Å². The Morgan fingerprint density at radius 3 is 1.77 bits per heavy atom. The number of nitrogens with zero attached hydrogens (tertiary/aromatic N) is 1. The number of amides is 1. The Labute approximate surface area is 295 Å². The van der Waals surface area contributed by atoms with E-state index in [2.05, 4.69) is 55.6 Å². The molecule has 9 heteroatoms. The fourth-order valence-electron chi connectivity index (χ4n) is 4.89. The number of rotatable bonds is 33. The van der Waals surface area contributed by atoms with Crippen LogP contribution in [0.5, 0.6) is 0 Å². The number of nitrogens with one attached hydrogen (secondary N) is 1. The highest BCUT2D eigenvalue weighted by Crippen LogP contribution is 2.38. The number of carbonyl (C=O) groups excluding carboxylic acids is 1. The molecule has 0 saturated heterocycles. The number of allylic oxidation sites excluding steroid dienone is 7. The predicted octanol–water partition coefficient (Wildman–Crippen LogP) is 9.11. The van der Waals surface area contributed by atoms with Crippen molar-refractivity contribution in [2.75, 3.05) is 40.9 Å². The lowest BCUT2D eigenvalue weighted by Gasteiger charge is -2.29. The fraction of sp³-hybridized carbons (Fsp3) is 0.769. The molecule has 0 fully saturated rings. The largest absolute Gasteiger partial charge is 0.756 e. The molecule has 0 saturated carbocycles. The molecule has 3 unspecified atom stereocenters. The van der Waals surface area contributed by atoms with E-state index in [-0.39, 0.29) is 12.5 Å². The number of carbonyl (C=O) groups is 1. The highest BCUT2D eigenvalue weighted by Gasteiger charge is 2.23. The maximum atomic E-state index is 12.8. The van der Waals surface area contributed by atoms with Crippen molar-refractivity contribution in [2.45, 2.75) is 154 Å². The zero-order valence-electron chi connectivity index (χ0n) is 31.4. The van der Waals surface area contributed by atoms with E-state index in [1.165, 1.54) is 51.4 Å². The van der Waals surface area contributed by atoms with Crippen LogP contribution in [0.4, 0.5) is 0 Å². The third-order valence-electron chi connectivity index (χ3n) is 7.97. The van der Waals surface area contributed by atoms with E-state index >= 15 is 0 Å². The van der Waals surface area contributed by atoms with E-state index in [4.69, 9.17) is 9.05 Å². The number of quaternary nitrogens is 1. The number of hydrogen-bond acceptors (Lipinski definition) is 6. The van der Waals surface area contributed by atoms with Gasteiger partial charge in [0.1, 0.15) is 13.2 Å². The van der Waals surface area contributed by atoms with Gasteiger partial charge in [0, 0.05) is 6.42 Å². The van der Waals surface area contributed by atoms with Crippen LogP contribution in [0.15, 0.2) is 48.6 Å². The molecule has 0 radical (unpaired) electrons. The summed E-state index contributed by atoms with van der Waals surface area (Å²) >= 11 is 0. The van der Waals surface area contributed by atoms with Crippen molar-refractivity contribution in [2.24, 2.45) is 0 Å². The normalized spacial score (nSPS) is 15.2. The summed E-state index contributed by atoms with van der Waals surface area (Å²) in [6.07, 6.45) is 37.3. The smallest absolute Gasteiger partial charge is 0.268 e. The molecule has 0 aromatic carbocycles. The second kappa shape index (κ2) is 31.4. The average Bonchev–Trinajstić information content (AvgIpc) is 3.02. The SMILES string of the molecule is CCC/C=C/CC/C=C/CC/C=C/C(O)C(COP(=O)([O-])OCC[N+](C)(C)C)NC(=O)CCCCCCC/C=C\CCCCCCCC. The van der Waals surface area contributed by atoms with E-state index in [0.29, 0.717) is 17.4 Å². The molecule has 0 aromatic heterocycles. The predicted molar refractivity (Wildman–Crippen MR) is 201 cm³/mol. The number of aliphatic hydroxyl groups is 1. The van der Waals surface area contributed by atoms with E-state index in [0.717, 1.165) is 70.6 Å². The highest BCUT2D eigenvalue weighted by atomic mass is 31.2. The maximum Gasteiger partial charge on any atom is 0.268 e. The Balaban J connectivity index is 4.59. The van der Waals surface area contributed by atoms with Gasteiger partial charge in [0.05, 0.1) is 39.9 Å². The van der Waals surface area contributed by atoms with Crippen LogP contribution in [-0.2, 0) is 18.4 Å². The molecule has 280 valence electrons. The Bertz CT molecular complexity index is 928. The zero-order chi connectivity index (χ0) is 35.8. The van der Waals surface area contributed by atoms with Crippen molar-refractivity contribution >= 4 is 13.7 Å². The zero-order valence-corrected chi connectivity index (χ0v) is 32.3. The van der Waals surface area contributed by atoms with Crippen molar-refractivity contribution in [1.29, 1.82) is 0 Å². The van der Waals surface area contributed by atoms with Gasteiger partial charge in [-0.1, -0.05) is 120 Å². The third-order valence-corrected chi connectivity index (χ3v) is 8.93. The van der Waals surface area contributed by atoms with E-state index in [1.54, 1.807) is 6.08 Å². The second-order valence-electron chi connectivity index (χ2n) is 13.9. The summed E-state index contributed by atoms with van der Waals surface area (Å²) in [5.74, 6) is -0.226.